The van der Waals surface area contributed by atoms with Crippen LogP contribution >= 0.6 is 0 Å². The van der Waals surface area contributed by atoms with Gasteiger partial charge in [-0.05, 0) is 31.7 Å². The van der Waals surface area contributed by atoms with Crippen LogP contribution in [0, 0.1) is 12.7 Å². The summed E-state index contributed by atoms with van der Waals surface area (Å²) in [5.41, 5.74) is 1.86. The molecule has 8 nitrogen and oxygen atoms in total. The summed E-state index contributed by atoms with van der Waals surface area (Å²) < 4.78 is 43.8. The predicted octanol–water partition coefficient (Wildman–Crippen LogP) is 0.674. The molecule has 2 unspecified atom stereocenters. The summed E-state index contributed by atoms with van der Waals surface area (Å²) in [6.07, 6.45) is 3.51. The maximum atomic E-state index is 13.6. The van der Waals surface area contributed by atoms with E-state index in [0.29, 0.717) is 13.0 Å². The lowest BCUT2D eigenvalue weighted by atomic mass is 10.2. The normalized spacial score (nSPS) is 19.1. The van der Waals surface area contributed by atoms with Crippen LogP contribution in [0.5, 0.6) is 0 Å². The molecule has 1 aromatic rings. The smallest absolute Gasteiger partial charge is 0.262 e. The van der Waals surface area contributed by atoms with Gasteiger partial charge in [-0.15, -0.1) is 0 Å². The second kappa shape index (κ2) is 8.74. The zero-order chi connectivity index (χ0) is 19.3. The zero-order valence-corrected chi connectivity index (χ0v) is 15.6. The number of aryl methyl sites for hydroxylation is 2. The molecule has 1 aromatic heterocycles. The molecule has 0 aromatic carbocycles. The Bertz CT molecular complexity index is 801. The minimum Gasteiger partial charge on any atom is -0.350 e. The van der Waals surface area contributed by atoms with Gasteiger partial charge in [0.05, 0.1) is 0 Å². The Balaban J connectivity index is 2.02. The Morgan fingerprint density at radius 2 is 2.23 bits per heavy atom. The van der Waals surface area contributed by atoms with E-state index in [2.05, 4.69) is 5.48 Å². The molecule has 1 aliphatic heterocycles. The van der Waals surface area contributed by atoms with E-state index in [-0.39, 0.29) is 18.5 Å². The van der Waals surface area contributed by atoms with Crippen molar-refractivity contribution in [3.63, 3.8) is 0 Å². The van der Waals surface area contributed by atoms with Gasteiger partial charge >= 0.3 is 0 Å². The molecule has 1 saturated heterocycles. The fraction of sp³-hybridized carbons (Fsp3) is 0.625. The standard InChI is InChI=1S/C16H23FN2O6S/c1-11-9-14(20)19(10-12(11)17)7-6-13(26(2,22)23)16(21)18-25-15-5-3-4-8-24-15/h9-10,13,15H,3-8H2,1-2H3,(H,18,21). The number of hydroxylamine groups is 1. The summed E-state index contributed by atoms with van der Waals surface area (Å²) in [5, 5.41) is -1.43. The van der Waals surface area contributed by atoms with E-state index >= 15 is 0 Å². The quantitative estimate of drug-likeness (QED) is 0.687. The number of aromatic nitrogens is 1. The predicted molar refractivity (Wildman–Crippen MR) is 91.5 cm³/mol. The molecular weight excluding hydrogens is 367 g/mol. The van der Waals surface area contributed by atoms with Gasteiger partial charge in [0.15, 0.2) is 16.1 Å². The maximum absolute atomic E-state index is 13.6. The van der Waals surface area contributed by atoms with Crippen molar-refractivity contribution in [2.75, 3.05) is 12.9 Å². The summed E-state index contributed by atoms with van der Waals surface area (Å²) in [6.45, 7) is 1.84. The van der Waals surface area contributed by atoms with Crippen molar-refractivity contribution in [3.05, 3.63) is 34.0 Å². The molecule has 10 heteroatoms. The molecule has 1 aliphatic rings. The van der Waals surface area contributed by atoms with Crippen LogP contribution in [-0.4, -0.2) is 43.3 Å². The Morgan fingerprint density at radius 1 is 1.50 bits per heavy atom. The molecule has 0 saturated carbocycles. The maximum Gasteiger partial charge on any atom is 0.262 e. The second-order valence-electron chi connectivity index (χ2n) is 6.32. The van der Waals surface area contributed by atoms with E-state index in [4.69, 9.17) is 9.57 Å². The highest BCUT2D eigenvalue weighted by atomic mass is 32.2. The number of nitrogens with one attached hydrogen (secondary N) is 1. The first-order valence-corrected chi connectivity index (χ1v) is 10.3. The second-order valence-corrected chi connectivity index (χ2v) is 8.55. The molecule has 0 spiro atoms. The number of hydrogen-bond donors (Lipinski definition) is 1. The lowest BCUT2D eigenvalue weighted by molar-refractivity contribution is -0.200. The van der Waals surface area contributed by atoms with Crippen LogP contribution in [0.2, 0.25) is 0 Å². The number of carbonyl (C=O) groups is 1. The molecule has 2 atom stereocenters. The fourth-order valence-corrected chi connectivity index (χ4v) is 3.57. The van der Waals surface area contributed by atoms with Crippen molar-refractivity contribution < 1.29 is 27.2 Å². The minimum atomic E-state index is -3.76. The first-order chi connectivity index (χ1) is 12.2. The summed E-state index contributed by atoms with van der Waals surface area (Å²) in [4.78, 5) is 29.2. The van der Waals surface area contributed by atoms with Crippen LogP contribution in [0.3, 0.4) is 0 Å². The largest absolute Gasteiger partial charge is 0.350 e. The Labute approximate surface area is 151 Å². The number of carbonyl (C=O) groups excluding carboxylic acids is 1. The third-order valence-corrected chi connectivity index (χ3v) is 5.62. The summed E-state index contributed by atoms with van der Waals surface area (Å²) in [6, 6.07) is 1.12. The minimum absolute atomic E-state index is 0.124. The lowest BCUT2D eigenvalue weighted by Crippen LogP contribution is -2.43. The van der Waals surface area contributed by atoms with E-state index in [9.17, 15) is 22.4 Å². The van der Waals surface area contributed by atoms with E-state index in [1.54, 1.807) is 0 Å². The molecule has 0 radical (unpaired) electrons. The van der Waals surface area contributed by atoms with E-state index < -0.39 is 38.7 Å². The van der Waals surface area contributed by atoms with Gasteiger partial charge in [-0.25, -0.2) is 23.1 Å². The highest BCUT2D eigenvalue weighted by molar-refractivity contribution is 7.92. The van der Waals surface area contributed by atoms with Gasteiger partial charge in [-0.2, -0.15) is 0 Å². The highest BCUT2D eigenvalue weighted by Gasteiger charge is 2.30. The highest BCUT2D eigenvalue weighted by Crippen LogP contribution is 2.13. The molecule has 146 valence electrons. The molecule has 1 amide bonds. The summed E-state index contributed by atoms with van der Waals surface area (Å²) >= 11 is 0. The monoisotopic (exact) mass is 390 g/mol. The van der Waals surface area contributed by atoms with Gasteiger partial charge in [0.1, 0.15) is 11.1 Å². The number of halogens is 1. The Morgan fingerprint density at radius 3 is 2.85 bits per heavy atom. The van der Waals surface area contributed by atoms with Crippen LogP contribution in [-0.2, 0) is 30.8 Å². The van der Waals surface area contributed by atoms with Crippen molar-refractivity contribution in [2.45, 2.75) is 50.7 Å². The molecule has 1 N–H and O–H groups in total. The van der Waals surface area contributed by atoms with Crippen molar-refractivity contribution in [1.82, 2.24) is 10.0 Å². The zero-order valence-electron chi connectivity index (χ0n) is 14.7. The van der Waals surface area contributed by atoms with Crippen molar-refractivity contribution in [2.24, 2.45) is 0 Å². The van der Waals surface area contributed by atoms with Gasteiger partial charge in [-0.1, -0.05) is 0 Å². The molecule has 1 fully saturated rings. The molecule has 26 heavy (non-hydrogen) atoms. The molecule has 2 heterocycles. The van der Waals surface area contributed by atoms with Crippen LogP contribution in [0.15, 0.2) is 17.1 Å². The van der Waals surface area contributed by atoms with Gasteiger partial charge in [-0.3, -0.25) is 9.59 Å². The van der Waals surface area contributed by atoms with Crippen molar-refractivity contribution >= 4 is 15.7 Å². The third-order valence-electron chi connectivity index (χ3n) is 4.14. The number of rotatable bonds is 7. The fourth-order valence-electron chi connectivity index (χ4n) is 2.60. The van der Waals surface area contributed by atoms with Crippen LogP contribution in [0.25, 0.3) is 0 Å². The Kier molecular flexibility index (Phi) is 6.90. The van der Waals surface area contributed by atoms with Gasteiger partial charge < -0.3 is 9.30 Å². The van der Waals surface area contributed by atoms with Gasteiger partial charge in [0, 0.05) is 38.1 Å². The lowest BCUT2D eigenvalue weighted by Gasteiger charge is -2.23. The van der Waals surface area contributed by atoms with E-state index in [0.717, 1.165) is 35.9 Å². The van der Waals surface area contributed by atoms with E-state index in [1.807, 2.05) is 0 Å². The average Bonchev–Trinajstić information content (AvgIpc) is 2.57. The summed E-state index contributed by atoms with van der Waals surface area (Å²) in [5.74, 6) is -1.43. The first kappa shape index (κ1) is 20.5. The summed E-state index contributed by atoms with van der Waals surface area (Å²) in [7, 11) is -3.76. The number of hydrogen-bond acceptors (Lipinski definition) is 6. The number of amides is 1. The average molecular weight is 390 g/mol. The van der Waals surface area contributed by atoms with Crippen molar-refractivity contribution in [3.8, 4) is 0 Å². The topological polar surface area (TPSA) is 104 Å². The van der Waals surface area contributed by atoms with Crippen LogP contribution in [0.1, 0.15) is 31.2 Å². The SMILES string of the molecule is Cc1cc(=O)n(CCC(C(=O)NOC2CCCCO2)S(C)(=O)=O)cc1F. The van der Waals surface area contributed by atoms with Crippen LogP contribution < -0.4 is 11.0 Å². The molecular formula is C16H23FN2O6S. The van der Waals surface area contributed by atoms with Crippen molar-refractivity contribution in [1.29, 1.82) is 0 Å². The van der Waals surface area contributed by atoms with Gasteiger partial charge in [0.25, 0.3) is 11.5 Å². The molecule has 2 rings (SSSR count). The van der Waals surface area contributed by atoms with Gasteiger partial charge in [0.2, 0.25) is 0 Å². The van der Waals surface area contributed by atoms with E-state index in [1.165, 1.54) is 6.92 Å². The molecule has 0 aliphatic carbocycles. The number of pyridine rings is 1. The number of nitrogens with zero attached hydrogens (tertiary/aromatic N) is 1. The number of sulfone groups is 1. The van der Waals surface area contributed by atoms with Crippen LogP contribution in [0.4, 0.5) is 4.39 Å². The first-order valence-electron chi connectivity index (χ1n) is 8.31. The number of ether oxygens (including phenoxy) is 1. The Hall–Kier alpha value is -1.78. The third kappa shape index (κ3) is 5.61. The molecule has 0 bridgehead atoms.